The van der Waals surface area contributed by atoms with Crippen molar-refractivity contribution in [3.05, 3.63) is 20.8 Å². The molecule has 3 N–H and O–H groups in total. The Morgan fingerprint density at radius 3 is 2.84 bits per heavy atom. The molecule has 104 valence electrons. The molecule has 0 bridgehead atoms. The van der Waals surface area contributed by atoms with Crippen LogP contribution in [0.1, 0.15) is 24.1 Å². The number of nitrogens with one attached hydrogen (secondary N) is 2. The van der Waals surface area contributed by atoms with Crippen LogP contribution in [0.3, 0.4) is 0 Å². The largest absolute Gasteiger partial charge is 0.481 e. The van der Waals surface area contributed by atoms with Gasteiger partial charge in [-0.1, -0.05) is 6.42 Å². The number of hydrogen-bond donors (Lipinski definition) is 3. The molecule has 7 heteroatoms. The highest BCUT2D eigenvalue weighted by atomic mass is 79.9. The van der Waals surface area contributed by atoms with Gasteiger partial charge in [0.1, 0.15) is 0 Å². The normalized spacial score (nSPS) is 22.2. The van der Waals surface area contributed by atoms with E-state index >= 15 is 0 Å². The van der Waals surface area contributed by atoms with Gasteiger partial charge >= 0.3 is 12.0 Å². The molecule has 0 aliphatic heterocycles. The minimum atomic E-state index is -0.829. The maximum absolute atomic E-state index is 11.7. The first kappa shape index (κ1) is 14.3. The van der Waals surface area contributed by atoms with Crippen LogP contribution in [0, 0.1) is 5.92 Å². The molecule has 1 aromatic heterocycles. The first-order chi connectivity index (χ1) is 9.06. The van der Waals surface area contributed by atoms with E-state index in [1.54, 1.807) is 11.3 Å². The number of carbonyl (C=O) groups is 2. The van der Waals surface area contributed by atoms with Crippen LogP contribution in [0.25, 0.3) is 0 Å². The van der Waals surface area contributed by atoms with E-state index in [1.165, 1.54) is 0 Å². The summed E-state index contributed by atoms with van der Waals surface area (Å²) in [5.41, 5.74) is 0. The van der Waals surface area contributed by atoms with Crippen LogP contribution in [0.5, 0.6) is 0 Å². The van der Waals surface area contributed by atoms with E-state index in [4.69, 9.17) is 5.11 Å². The fourth-order valence-electron chi connectivity index (χ4n) is 2.26. The Bertz CT molecular complexity index is 477. The van der Waals surface area contributed by atoms with Gasteiger partial charge < -0.3 is 15.7 Å². The highest BCUT2D eigenvalue weighted by Gasteiger charge is 2.33. The monoisotopic (exact) mass is 346 g/mol. The number of hydrogen-bond acceptors (Lipinski definition) is 3. The van der Waals surface area contributed by atoms with Crippen molar-refractivity contribution in [2.24, 2.45) is 5.92 Å². The number of carboxylic acid groups (broad SMARTS) is 1. The molecule has 1 saturated carbocycles. The average Bonchev–Trinajstić information content (AvgIpc) is 2.95. The Morgan fingerprint density at radius 1 is 1.42 bits per heavy atom. The first-order valence-electron chi connectivity index (χ1n) is 6.07. The summed E-state index contributed by atoms with van der Waals surface area (Å²) in [7, 11) is 0. The third-order valence-corrected chi connectivity index (χ3v) is 4.83. The second-order valence-electron chi connectivity index (χ2n) is 4.51. The Kier molecular flexibility index (Phi) is 4.81. The maximum Gasteiger partial charge on any atom is 0.315 e. The second-order valence-corrected chi connectivity index (χ2v) is 7.06. The van der Waals surface area contributed by atoms with Gasteiger partial charge in [-0.05, 0) is 40.9 Å². The van der Waals surface area contributed by atoms with Crippen molar-refractivity contribution >= 4 is 39.3 Å². The third-order valence-electron chi connectivity index (χ3n) is 3.20. The van der Waals surface area contributed by atoms with E-state index in [0.29, 0.717) is 13.0 Å². The van der Waals surface area contributed by atoms with E-state index in [1.807, 2.05) is 12.1 Å². The van der Waals surface area contributed by atoms with Crippen molar-refractivity contribution in [3.8, 4) is 0 Å². The van der Waals surface area contributed by atoms with E-state index in [9.17, 15) is 9.59 Å². The Morgan fingerprint density at radius 2 is 2.21 bits per heavy atom. The molecule has 1 aromatic rings. The number of rotatable bonds is 4. The highest BCUT2D eigenvalue weighted by Crippen LogP contribution is 2.25. The summed E-state index contributed by atoms with van der Waals surface area (Å²) in [4.78, 5) is 23.8. The molecule has 2 unspecified atom stereocenters. The molecular formula is C12H15BrN2O3S. The predicted molar refractivity (Wildman–Crippen MR) is 76.2 cm³/mol. The highest BCUT2D eigenvalue weighted by molar-refractivity contribution is 9.11. The van der Waals surface area contributed by atoms with Crippen LogP contribution in [0.15, 0.2) is 15.9 Å². The number of halogens is 1. The Hall–Kier alpha value is -1.08. The van der Waals surface area contributed by atoms with Gasteiger partial charge in [-0.15, -0.1) is 11.3 Å². The molecule has 2 amide bonds. The zero-order valence-corrected chi connectivity index (χ0v) is 12.6. The molecule has 2 atom stereocenters. The summed E-state index contributed by atoms with van der Waals surface area (Å²) >= 11 is 4.92. The number of aliphatic carboxylic acids is 1. The zero-order chi connectivity index (χ0) is 13.8. The van der Waals surface area contributed by atoms with Crippen molar-refractivity contribution in [1.29, 1.82) is 0 Å². The average molecular weight is 347 g/mol. The number of carbonyl (C=O) groups excluding carboxylic acids is 1. The molecule has 1 aliphatic carbocycles. The summed E-state index contributed by atoms with van der Waals surface area (Å²) in [6.45, 7) is 0.451. The summed E-state index contributed by atoms with van der Waals surface area (Å²) in [5, 5.41) is 14.5. The standard InChI is InChI=1S/C12H15BrN2O3S/c13-10-5-4-7(19-10)6-14-12(18)15-9-3-1-2-8(9)11(16)17/h4-5,8-9H,1-3,6H2,(H,16,17)(H2,14,15,18). The minimum absolute atomic E-state index is 0.257. The van der Waals surface area contributed by atoms with Gasteiger partial charge in [-0.3, -0.25) is 4.79 Å². The van der Waals surface area contributed by atoms with Crippen molar-refractivity contribution < 1.29 is 14.7 Å². The third kappa shape index (κ3) is 3.94. The summed E-state index contributed by atoms with van der Waals surface area (Å²) in [6, 6.07) is 3.30. The number of amides is 2. The number of carboxylic acids is 1. The van der Waals surface area contributed by atoms with Gasteiger partial charge in [0.05, 0.1) is 16.2 Å². The fourth-order valence-corrected chi connectivity index (χ4v) is 3.68. The van der Waals surface area contributed by atoms with Crippen LogP contribution in [0.4, 0.5) is 4.79 Å². The summed E-state index contributed by atoms with van der Waals surface area (Å²) < 4.78 is 1.02. The molecule has 1 aliphatic rings. The molecule has 1 fully saturated rings. The fraction of sp³-hybridized carbons (Fsp3) is 0.500. The molecule has 19 heavy (non-hydrogen) atoms. The SMILES string of the molecule is O=C(NCc1ccc(Br)s1)NC1CCCC1C(=O)O. The van der Waals surface area contributed by atoms with Gasteiger partial charge in [0.2, 0.25) is 0 Å². The molecule has 0 spiro atoms. The summed E-state index contributed by atoms with van der Waals surface area (Å²) in [5.74, 6) is -1.29. The van der Waals surface area contributed by atoms with Crippen molar-refractivity contribution in [1.82, 2.24) is 10.6 Å². The maximum atomic E-state index is 11.7. The van der Waals surface area contributed by atoms with Gasteiger partial charge in [0.25, 0.3) is 0 Å². The molecular weight excluding hydrogens is 332 g/mol. The van der Waals surface area contributed by atoms with Gasteiger partial charge in [0.15, 0.2) is 0 Å². The van der Waals surface area contributed by atoms with E-state index < -0.39 is 11.9 Å². The minimum Gasteiger partial charge on any atom is -0.481 e. The van der Waals surface area contributed by atoms with Gasteiger partial charge in [-0.2, -0.15) is 0 Å². The van der Waals surface area contributed by atoms with Crippen LogP contribution in [-0.2, 0) is 11.3 Å². The zero-order valence-electron chi connectivity index (χ0n) is 10.2. The quantitative estimate of drug-likeness (QED) is 0.783. The molecule has 0 aromatic carbocycles. The lowest BCUT2D eigenvalue weighted by molar-refractivity contribution is -0.142. The van der Waals surface area contributed by atoms with Crippen molar-refractivity contribution in [2.45, 2.75) is 31.8 Å². The van der Waals surface area contributed by atoms with E-state index in [-0.39, 0.29) is 12.1 Å². The summed E-state index contributed by atoms with van der Waals surface area (Å²) in [6.07, 6.45) is 2.22. The van der Waals surface area contributed by atoms with Crippen molar-refractivity contribution in [2.75, 3.05) is 0 Å². The van der Waals surface area contributed by atoms with Crippen LogP contribution < -0.4 is 10.6 Å². The Balaban J connectivity index is 1.79. The lowest BCUT2D eigenvalue weighted by Gasteiger charge is -2.17. The lowest BCUT2D eigenvalue weighted by Crippen LogP contribution is -2.45. The van der Waals surface area contributed by atoms with Gasteiger partial charge in [-0.25, -0.2) is 4.79 Å². The number of thiophene rings is 1. The predicted octanol–water partition coefficient (Wildman–Crippen LogP) is 2.56. The van der Waals surface area contributed by atoms with Crippen LogP contribution >= 0.6 is 27.3 Å². The topological polar surface area (TPSA) is 78.4 Å². The van der Waals surface area contributed by atoms with E-state index in [0.717, 1.165) is 21.5 Å². The molecule has 5 nitrogen and oxygen atoms in total. The van der Waals surface area contributed by atoms with Crippen LogP contribution in [-0.4, -0.2) is 23.1 Å². The molecule has 1 heterocycles. The number of urea groups is 1. The molecule has 2 rings (SSSR count). The Labute approximate surface area is 123 Å². The van der Waals surface area contributed by atoms with Crippen LogP contribution in [0.2, 0.25) is 0 Å². The van der Waals surface area contributed by atoms with Gasteiger partial charge in [0, 0.05) is 10.9 Å². The van der Waals surface area contributed by atoms with Crippen molar-refractivity contribution in [3.63, 3.8) is 0 Å². The lowest BCUT2D eigenvalue weighted by atomic mass is 10.0. The second kappa shape index (κ2) is 6.38. The first-order valence-corrected chi connectivity index (χ1v) is 7.68. The van der Waals surface area contributed by atoms with E-state index in [2.05, 4.69) is 26.6 Å². The molecule has 0 radical (unpaired) electrons. The molecule has 0 saturated heterocycles. The smallest absolute Gasteiger partial charge is 0.315 e.